The zero-order valence-corrected chi connectivity index (χ0v) is 10.4. The molecule has 0 unspecified atom stereocenters. The number of amides is 3. The molecule has 0 aliphatic carbocycles. The van der Waals surface area contributed by atoms with E-state index in [1.165, 1.54) is 4.90 Å². The summed E-state index contributed by atoms with van der Waals surface area (Å²) in [5.41, 5.74) is 1.52. The molecule has 0 aromatic heterocycles. The normalized spacial score (nSPS) is 15.1. The molecule has 0 saturated carbocycles. The second kappa shape index (κ2) is 4.25. The minimum Gasteiger partial charge on any atom is -0.336 e. The van der Waals surface area contributed by atoms with Gasteiger partial charge in [0.2, 0.25) is 0 Å². The average Bonchev–Trinajstić information content (AvgIpc) is 2.67. The van der Waals surface area contributed by atoms with E-state index in [4.69, 9.17) is 0 Å². The number of carbonyl (C=O) groups is 2. The van der Waals surface area contributed by atoms with Crippen molar-refractivity contribution in [3.8, 4) is 0 Å². The van der Waals surface area contributed by atoms with Crippen LogP contribution in [0.2, 0.25) is 0 Å². The standard InChI is InChI=1S/C11H11BrN2O2/c1-7-6-8(2-3-9(7)12)10(15)14-5-4-13-11(14)16/h2-3,6H,4-5H2,1H3,(H,13,16). The first-order valence-corrected chi connectivity index (χ1v) is 5.75. The van der Waals surface area contributed by atoms with Crippen LogP contribution < -0.4 is 5.32 Å². The molecule has 1 aliphatic rings. The summed E-state index contributed by atoms with van der Waals surface area (Å²) in [6.07, 6.45) is 0. The number of rotatable bonds is 1. The predicted molar refractivity (Wildman–Crippen MR) is 63.3 cm³/mol. The van der Waals surface area contributed by atoms with Crippen LogP contribution in [0.5, 0.6) is 0 Å². The summed E-state index contributed by atoms with van der Waals surface area (Å²) >= 11 is 3.37. The van der Waals surface area contributed by atoms with Gasteiger partial charge in [-0.05, 0) is 30.7 Å². The molecule has 84 valence electrons. The minimum absolute atomic E-state index is 0.245. The molecule has 1 aliphatic heterocycles. The van der Waals surface area contributed by atoms with Crippen molar-refractivity contribution in [3.05, 3.63) is 33.8 Å². The van der Waals surface area contributed by atoms with Crippen LogP contribution >= 0.6 is 15.9 Å². The van der Waals surface area contributed by atoms with Gasteiger partial charge in [0.15, 0.2) is 0 Å². The van der Waals surface area contributed by atoms with E-state index >= 15 is 0 Å². The van der Waals surface area contributed by atoms with Crippen LogP contribution in [0.4, 0.5) is 4.79 Å². The number of halogens is 1. The van der Waals surface area contributed by atoms with E-state index in [1.54, 1.807) is 12.1 Å². The maximum atomic E-state index is 12.0. The number of imide groups is 1. The van der Waals surface area contributed by atoms with Gasteiger partial charge in [0.1, 0.15) is 0 Å². The zero-order valence-electron chi connectivity index (χ0n) is 8.79. The summed E-state index contributed by atoms with van der Waals surface area (Å²) in [5, 5.41) is 2.60. The molecule has 2 rings (SSSR count). The molecule has 5 heteroatoms. The zero-order chi connectivity index (χ0) is 11.7. The molecule has 1 aromatic carbocycles. The molecule has 1 aromatic rings. The number of hydrogen-bond donors (Lipinski definition) is 1. The Morgan fingerprint density at radius 1 is 1.50 bits per heavy atom. The fraction of sp³-hybridized carbons (Fsp3) is 0.273. The van der Waals surface area contributed by atoms with Crippen LogP contribution in [0.3, 0.4) is 0 Å². The second-order valence-corrected chi connectivity index (χ2v) is 4.51. The highest BCUT2D eigenvalue weighted by Crippen LogP contribution is 2.18. The SMILES string of the molecule is Cc1cc(C(=O)N2CCNC2=O)ccc1Br. The Hall–Kier alpha value is -1.36. The first-order chi connectivity index (χ1) is 7.59. The molecule has 0 atom stereocenters. The van der Waals surface area contributed by atoms with E-state index in [2.05, 4.69) is 21.2 Å². The topological polar surface area (TPSA) is 49.4 Å². The molecule has 0 bridgehead atoms. The van der Waals surface area contributed by atoms with E-state index < -0.39 is 0 Å². The summed E-state index contributed by atoms with van der Waals surface area (Å²) in [5.74, 6) is -0.245. The minimum atomic E-state index is -0.314. The summed E-state index contributed by atoms with van der Waals surface area (Å²) in [6.45, 7) is 2.87. The highest BCUT2D eigenvalue weighted by atomic mass is 79.9. The van der Waals surface area contributed by atoms with Gasteiger partial charge in [-0.1, -0.05) is 15.9 Å². The molecule has 3 amide bonds. The molecular weight excluding hydrogens is 272 g/mol. The second-order valence-electron chi connectivity index (χ2n) is 3.65. The molecule has 4 nitrogen and oxygen atoms in total. The van der Waals surface area contributed by atoms with Gasteiger partial charge in [-0.25, -0.2) is 4.79 Å². The third-order valence-electron chi connectivity index (χ3n) is 2.51. The fourth-order valence-electron chi connectivity index (χ4n) is 1.60. The molecule has 0 spiro atoms. The molecule has 1 saturated heterocycles. The van der Waals surface area contributed by atoms with Crippen LogP contribution in [0, 0.1) is 6.92 Å². The fourth-order valence-corrected chi connectivity index (χ4v) is 1.85. The smallest absolute Gasteiger partial charge is 0.324 e. The molecule has 0 radical (unpaired) electrons. The molecular formula is C11H11BrN2O2. The third-order valence-corrected chi connectivity index (χ3v) is 3.40. The monoisotopic (exact) mass is 282 g/mol. The van der Waals surface area contributed by atoms with E-state index in [0.29, 0.717) is 18.7 Å². The number of carbonyl (C=O) groups excluding carboxylic acids is 2. The highest BCUT2D eigenvalue weighted by molar-refractivity contribution is 9.10. The van der Waals surface area contributed by atoms with Crippen LogP contribution in [-0.2, 0) is 0 Å². The maximum Gasteiger partial charge on any atom is 0.324 e. The Labute approximate surface area is 102 Å². The first kappa shape index (κ1) is 11.1. The van der Waals surface area contributed by atoms with Gasteiger partial charge >= 0.3 is 6.03 Å². The lowest BCUT2D eigenvalue weighted by atomic mass is 10.1. The van der Waals surface area contributed by atoms with Crippen molar-refractivity contribution in [2.24, 2.45) is 0 Å². The predicted octanol–water partition coefficient (Wildman–Crippen LogP) is 1.92. The third kappa shape index (κ3) is 1.95. The van der Waals surface area contributed by atoms with Crippen molar-refractivity contribution >= 4 is 27.9 Å². The average molecular weight is 283 g/mol. The quantitative estimate of drug-likeness (QED) is 0.856. The van der Waals surface area contributed by atoms with Crippen LogP contribution in [-0.4, -0.2) is 29.9 Å². The van der Waals surface area contributed by atoms with E-state index in [0.717, 1.165) is 10.0 Å². The summed E-state index contributed by atoms with van der Waals surface area (Å²) in [6, 6.07) is 4.99. The highest BCUT2D eigenvalue weighted by Gasteiger charge is 2.27. The van der Waals surface area contributed by atoms with Gasteiger partial charge in [-0.2, -0.15) is 0 Å². The molecule has 16 heavy (non-hydrogen) atoms. The van der Waals surface area contributed by atoms with Crippen molar-refractivity contribution in [1.29, 1.82) is 0 Å². The van der Waals surface area contributed by atoms with Gasteiger partial charge in [0.25, 0.3) is 5.91 Å². The van der Waals surface area contributed by atoms with Gasteiger partial charge in [-0.3, -0.25) is 9.69 Å². The Morgan fingerprint density at radius 2 is 2.25 bits per heavy atom. The lowest BCUT2D eigenvalue weighted by molar-refractivity contribution is 0.0829. The van der Waals surface area contributed by atoms with E-state index in [9.17, 15) is 9.59 Å². The maximum absolute atomic E-state index is 12.0. The first-order valence-electron chi connectivity index (χ1n) is 4.95. The van der Waals surface area contributed by atoms with Crippen LogP contribution in [0.25, 0.3) is 0 Å². The number of nitrogens with zero attached hydrogens (tertiary/aromatic N) is 1. The lowest BCUT2D eigenvalue weighted by Crippen LogP contribution is -2.34. The summed E-state index contributed by atoms with van der Waals surface area (Å²) < 4.78 is 0.954. The van der Waals surface area contributed by atoms with Gasteiger partial charge in [0.05, 0.1) is 0 Å². The van der Waals surface area contributed by atoms with Crippen molar-refractivity contribution in [2.75, 3.05) is 13.1 Å². The van der Waals surface area contributed by atoms with Gasteiger partial charge in [0, 0.05) is 23.1 Å². The van der Waals surface area contributed by atoms with Gasteiger partial charge < -0.3 is 5.32 Å². The summed E-state index contributed by atoms with van der Waals surface area (Å²) in [4.78, 5) is 24.5. The number of aryl methyl sites for hydroxylation is 1. The molecule has 1 fully saturated rings. The summed E-state index contributed by atoms with van der Waals surface area (Å²) in [7, 11) is 0. The number of urea groups is 1. The van der Waals surface area contributed by atoms with Crippen LogP contribution in [0.1, 0.15) is 15.9 Å². The van der Waals surface area contributed by atoms with E-state index in [-0.39, 0.29) is 11.9 Å². The lowest BCUT2D eigenvalue weighted by Gasteiger charge is -2.12. The van der Waals surface area contributed by atoms with E-state index in [1.807, 2.05) is 13.0 Å². The Bertz CT molecular complexity index is 459. The van der Waals surface area contributed by atoms with Crippen molar-refractivity contribution < 1.29 is 9.59 Å². The molecule has 1 N–H and O–H groups in total. The number of benzene rings is 1. The van der Waals surface area contributed by atoms with Crippen molar-refractivity contribution in [2.45, 2.75) is 6.92 Å². The largest absolute Gasteiger partial charge is 0.336 e. The van der Waals surface area contributed by atoms with Crippen molar-refractivity contribution in [3.63, 3.8) is 0 Å². The Morgan fingerprint density at radius 3 is 2.81 bits per heavy atom. The number of nitrogens with one attached hydrogen (secondary N) is 1. The van der Waals surface area contributed by atoms with Gasteiger partial charge in [-0.15, -0.1) is 0 Å². The van der Waals surface area contributed by atoms with Crippen molar-refractivity contribution in [1.82, 2.24) is 10.2 Å². The Balaban J connectivity index is 2.27. The van der Waals surface area contributed by atoms with Crippen LogP contribution in [0.15, 0.2) is 22.7 Å². The Kier molecular flexibility index (Phi) is 2.96. The number of hydrogen-bond acceptors (Lipinski definition) is 2. The molecule has 1 heterocycles.